The number of thiophene rings is 1. The van der Waals surface area contributed by atoms with E-state index >= 15 is 0 Å². The molecule has 2 rings (SSSR count). The Hall–Kier alpha value is -1.31. The minimum atomic E-state index is -0.577. The zero-order chi connectivity index (χ0) is 14.0. The Labute approximate surface area is 126 Å². The normalized spacial score (nSPS) is 10.2. The fraction of sp³-hybridized carbons (Fsp3) is 0. The Bertz CT molecular complexity index is 657. The molecule has 0 aliphatic heterocycles. The molecule has 0 fully saturated rings. The molecule has 1 heterocycles. The van der Waals surface area contributed by atoms with Gasteiger partial charge in [-0.05, 0) is 45.6 Å². The molecule has 0 bridgehead atoms. The van der Waals surface area contributed by atoms with Crippen LogP contribution in [0.5, 0.6) is 0 Å². The van der Waals surface area contributed by atoms with Crippen LogP contribution in [0.1, 0.15) is 15.2 Å². The van der Waals surface area contributed by atoms with E-state index in [1.54, 1.807) is 17.5 Å². The molecule has 0 saturated heterocycles. The Balaban J connectivity index is 2.23. The quantitative estimate of drug-likeness (QED) is 0.825. The predicted molar refractivity (Wildman–Crippen MR) is 82.3 cm³/mol. The number of halogens is 2. The van der Waals surface area contributed by atoms with Gasteiger partial charge in [-0.15, -0.1) is 11.3 Å². The summed E-state index contributed by atoms with van der Waals surface area (Å²) in [6, 6.07) is 5.95. The number of carbonyl (C=O) groups excluding carboxylic acids is 1. The van der Waals surface area contributed by atoms with Crippen LogP contribution in [0.15, 0.2) is 34.1 Å². The summed E-state index contributed by atoms with van der Waals surface area (Å²) in [7, 11) is 0. The number of anilines is 1. The number of thiocarbonyl (C=S) groups is 1. The number of amides is 1. The van der Waals surface area contributed by atoms with E-state index in [1.165, 1.54) is 23.5 Å². The highest BCUT2D eigenvalue weighted by atomic mass is 79.9. The second kappa shape index (κ2) is 5.77. The largest absolute Gasteiger partial charge is 0.389 e. The van der Waals surface area contributed by atoms with E-state index in [1.807, 2.05) is 0 Å². The molecule has 1 aromatic heterocycles. The number of carbonyl (C=O) groups is 1. The summed E-state index contributed by atoms with van der Waals surface area (Å²) in [5, 5.41) is 4.27. The summed E-state index contributed by atoms with van der Waals surface area (Å²) in [6.45, 7) is 0. The van der Waals surface area contributed by atoms with Gasteiger partial charge in [0.1, 0.15) is 15.7 Å². The lowest BCUT2D eigenvalue weighted by Gasteiger charge is -2.07. The van der Waals surface area contributed by atoms with Crippen molar-refractivity contribution in [2.45, 2.75) is 0 Å². The molecular weight excluding hydrogens is 351 g/mol. The van der Waals surface area contributed by atoms with Gasteiger partial charge in [0.2, 0.25) is 0 Å². The Morgan fingerprint density at radius 1 is 1.42 bits per heavy atom. The first kappa shape index (κ1) is 14.1. The number of benzene rings is 1. The van der Waals surface area contributed by atoms with Crippen LogP contribution >= 0.6 is 39.5 Å². The highest BCUT2D eigenvalue weighted by Crippen LogP contribution is 2.24. The van der Waals surface area contributed by atoms with Crippen molar-refractivity contribution < 1.29 is 9.18 Å². The van der Waals surface area contributed by atoms with Crippen molar-refractivity contribution in [3.05, 3.63) is 50.4 Å². The van der Waals surface area contributed by atoms with Crippen LogP contribution in [0.25, 0.3) is 0 Å². The van der Waals surface area contributed by atoms with E-state index in [0.29, 0.717) is 14.9 Å². The zero-order valence-electron chi connectivity index (χ0n) is 9.44. The predicted octanol–water partition coefficient (Wildman–Crippen LogP) is 3.54. The van der Waals surface area contributed by atoms with Crippen LogP contribution in [-0.2, 0) is 0 Å². The molecule has 1 aromatic carbocycles. The van der Waals surface area contributed by atoms with Crippen LogP contribution in [-0.4, -0.2) is 10.9 Å². The van der Waals surface area contributed by atoms with Crippen molar-refractivity contribution in [1.82, 2.24) is 0 Å². The van der Waals surface area contributed by atoms with Crippen LogP contribution < -0.4 is 11.1 Å². The molecule has 0 spiro atoms. The highest BCUT2D eigenvalue weighted by molar-refractivity contribution is 9.10. The summed E-state index contributed by atoms with van der Waals surface area (Å²) in [4.78, 5) is 12.5. The molecule has 7 heteroatoms. The Morgan fingerprint density at radius 3 is 2.68 bits per heavy atom. The van der Waals surface area contributed by atoms with Gasteiger partial charge in [0.25, 0.3) is 5.91 Å². The van der Waals surface area contributed by atoms with E-state index in [0.717, 1.165) is 0 Å². The second-order valence-corrected chi connectivity index (χ2v) is 5.82. The molecule has 0 atom stereocenters. The van der Waals surface area contributed by atoms with Gasteiger partial charge in [-0.25, -0.2) is 4.39 Å². The Morgan fingerprint density at radius 2 is 2.16 bits per heavy atom. The summed E-state index contributed by atoms with van der Waals surface area (Å²) < 4.78 is 14.5. The third-order valence-corrected chi connectivity index (χ3v) is 4.40. The molecule has 98 valence electrons. The molecule has 3 nitrogen and oxygen atoms in total. The first-order valence-electron chi connectivity index (χ1n) is 5.12. The van der Waals surface area contributed by atoms with Gasteiger partial charge in [-0.1, -0.05) is 12.2 Å². The van der Waals surface area contributed by atoms with Gasteiger partial charge in [0, 0.05) is 10.0 Å². The van der Waals surface area contributed by atoms with E-state index < -0.39 is 5.82 Å². The van der Waals surface area contributed by atoms with E-state index in [9.17, 15) is 9.18 Å². The maximum Gasteiger partial charge on any atom is 0.266 e. The fourth-order valence-electron chi connectivity index (χ4n) is 1.40. The van der Waals surface area contributed by atoms with Crippen molar-refractivity contribution >= 4 is 56.1 Å². The zero-order valence-corrected chi connectivity index (χ0v) is 12.7. The van der Waals surface area contributed by atoms with Crippen molar-refractivity contribution in [2.75, 3.05) is 5.32 Å². The van der Waals surface area contributed by atoms with Crippen LogP contribution in [0, 0.1) is 5.82 Å². The summed E-state index contributed by atoms with van der Waals surface area (Å²) in [5.74, 6) is -0.949. The molecule has 19 heavy (non-hydrogen) atoms. The number of hydrogen-bond donors (Lipinski definition) is 2. The van der Waals surface area contributed by atoms with E-state index in [2.05, 4.69) is 21.2 Å². The van der Waals surface area contributed by atoms with Gasteiger partial charge >= 0.3 is 0 Å². The monoisotopic (exact) mass is 358 g/mol. The van der Waals surface area contributed by atoms with Crippen LogP contribution in [0.3, 0.4) is 0 Å². The molecule has 3 N–H and O–H groups in total. The molecule has 2 aromatic rings. The molecule has 0 unspecified atom stereocenters. The minimum Gasteiger partial charge on any atom is -0.389 e. The van der Waals surface area contributed by atoms with E-state index in [4.69, 9.17) is 18.0 Å². The average molecular weight is 359 g/mol. The number of nitrogens with two attached hydrogens (primary N) is 1. The minimum absolute atomic E-state index is 0.0882. The van der Waals surface area contributed by atoms with Crippen molar-refractivity contribution in [1.29, 1.82) is 0 Å². The fourth-order valence-corrected chi connectivity index (χ4v) is 2.98. The lowest BCUT2D eigenvalue weighted by molar-refractivity contribution is 0.102. The summed E-state index contributed by atoms with van der Waals surface area (Å²) >= 11 is 9.27. The summed E-state index contributed by atoms with van der Waals surface area (Å²) in [6.07, 6.45) is 0. The number of hydrogen-bond acceptors (Lipinski definition) is 3. The molecule has 0 saturated carbocycles. The highest BCUT2D eigenvalue weighted by Gasteiger charge is 2.14. The van der Waals surface area contributed by atoms with Gasteiger partial charge in [-0.2, -0.15) is 0 Å². The maximum absolute atomic E-state index is 13.8. The lowest BCUT2D eigenvalue weighted by atomic mass is 10.2. The number of rotatable bonds is 3. The maximum atomic E-state index is 13.8. The molecule has 0 aliphatic rings. The smallest absolute Gasteiger partial charge is 0.266 e. The van der Waals surface area contributed by atoms with Gasteiger partial charge in [0.05, 0.1) is 5.69 Å². The third kappa shape index (κ3) is 3.17. The van der Waals surface area contributed by atoms with Gasteiger partial charge < -0.3 is 11.1 Å². The first-order chi connectivity index (χ1) is 8.99. The van der Waals surface area contributed by atoms with E-state index in [-0.39, 0.29) is 16.6 Å². The first-order valence-corrected chi connectivity index (χ1v) is 7.21. The third-order valence-electron chi connectivity index (χ3n) is 2.33. The topological polar surface area (TPSA) is 55.1 Å². The van der Waals surface area contributed by atoms with Crippen LogP contribution in [0.4, 0.5) is 10.1 Å². The SMILES string of the molecule is NC(=S)c1ccc(NC(=O)c2sccc2Br)c(F)c1. The van der Waals surface area contributed by atoms with Gasteiger partial charge in [-0.3, -0.25) is 4.79 Å². The molecule has 1 amide bonds. The standard InChI is InChI=1S/C12H8BrFN2OS2/c13-7-3-4-19-10(7)12(17)16-9-2-1-6(11(15)18)5-8(9)14/h1-5H,(H2,15,18)(H,16,17). The lowest BCUT2D eigenvalue weighted by Crippen LogP contribution is -2.14. The average Bonchev–Trinajstić information content (AvgIpc) is 2.77. The number of nitrogens with one attached hydrogen (secondary N) is 1. The summed E-state index contributed by atoms with van der Waals surface area (Å²) in [5.41, 5.74) is 5.91. The molecule has 0 aliphatic carbocycles. The van der Waals surface area contributed by atoms with Crippen molar-refractivity contribution in [3.63, 3.8) is 0 Å². The van der Waals surface area contributed by atoms with Crippen molar-refractivity contribution in [3.8, 4) is 0 Å². The molecule has 0 radical (unpaired) electrons. The second-order valence-electron chi connectivity index (χ2n) is 3.61. The molecular formula is C12H8BrFN2OS2. The Kier molecular flexibility index (Phi) is 4.28. The van der Waals surface area contributed by atoms with Crippen molar-refractivity contribution in [2.24, 2.45) is 5.73 Å². The van der Waals surface area contributed by atoms with Gasteiger partial charge in [0.15, 0.2) is 0 Å². The van der Waals surface area contributed by atoms with Crippen LogP contribution in [0.2, 0.25) is 0 Å².